The van der Waals surface area contributed by atoms with Crippen LogP contribution in [-0.4, -0.2) is 46.6 Å². The van der Waals surface area contributed by atoms with Crippen LogP contribution in [0.5, 0.6) is 0 Å². The zero-order valence-corrected chi connectivity index (χ0v) is 98.8. The predicted molar refractivity (Wildman–Crippen MR) is 610 cm³/mol. The zero-order valence-electron chi connectivity index (χ0n) is 98.8. The SMILES string of the molecule is CCC[C@H]1CC[C@@]2(C)[C@@H](CC[C@H]3[C@@H]4CCC[C@@]4(C)CC[C@@H]32)C1.CC[C@H]1CC[C@@]2(C)[C@@H](CC[C@H]3[C@@H]4CCC[C@@]4(C)CC[C@@H]32)C1.C[C@@]12CCC[C@H]1[C@@H]1CC[C@H]3C(N)CCC[C@]3(C)[C@H]1CC2.C[C@@]12CCC[C@H]1[C@@H]1CC[C@H]3CC(N)C(O)C[C@]3(C)[C@H]1CC2.C[C@@]12CCC[C@H]1[C@@H]1CC[C@H]3CC(O)C(N)C[C@]3(C)[C@H]1CC2.C[C@@]12CCC[C@H]1[C@@H]1CC[C@H]3CCC(N)C[C@]3(C)[C@H]1CC2.C[C@H]1CC[C@@]2(C)[C@@H](CC[C@H]3[C@@H]4CCC[C@@]4(C)CC[C@@H]32)C1. The first kappa shape index (κ1) is 109. The normalized spacial score (nSPS) is 58.1. The van der Waals surface area contributed by atoms with Crippen molar-refractivity contribution >= 4 is 0 Å². The average molecular weight is 2000 g/mol. The Kier molecular flexibility index (Phi) is 31.2. The van der Waals surface area contributed by atoms with Crippen molar-refractivity contribution in [1.82, 2.24) is 0 Å². The third-order valence-electron chi connectivity index (χ3n) is 61.1. The molecule has 28 aliphatic rings. The van der Waals surface area contributed by atoms with Crippen molar-refractivity contribution in [2.24, 2.45) is 282 Å². The van der Waals surface area contributed by atoms with E-state index >= 15 is 0 Å². The number of rotatable bonds is 3. The summed E-state index contributed by atoms with van der Waals surface area (Å²) in [6.45, 7) is 44.0. The van der Waals surface area contributed by atoms with Crippen LogP contribution in [0.3, 0.4) is 0 Å². The first-order valence-corrected chi connectivity index (χ1v) is 67.5. The quantitative estimate of drug-likeness (QED) is 0.166. The Balaban J connectivity index is 0.0000000964. The molecule has 6 unspecified atom stereocenters. The van der Waals surface area contributed by atoms with Gasteiger partial charge in [0.15, 0.2) is 0 Å². The minimum Gasteiger partial charge on any atom is -0.392 e. The summed E-state index contributed by atoms with van der Waals surface area (Å²) in [5, 5.41) is 20.6. The summed E-state index contributed by atoms with van der Waals surface area (Å²) >= 11 is 0. The lowest BCUT2D eigenvalue weighted by atomic mass is 9.44. The van der Waals surface area contributed by atoms with E-state index in [-0.39, 0.29) is 24.3 Å². The molecule has 0 bridgehead atoms. The third kappa shape index (κ3) is 19.0. The second-order valence-electron chi connectivity index (χ2n) is 66.9. The van der Waals surface area contributed by atoms with Gasteiger partial charge in [-0.05, 0) is 638 Å². The van der Waals surface area contributed by atoms with E-state index in [0.717, 1.165) is 242 Å². The van der Waals surface area contributed by atoms with Gasteiger partial charge in [-0.15, -0.1) is 0 Å². The van der Waals surface area contributed by atoms with Crippen LogP contribution < -0.4 is 22.9 Å². The molecule has 0 aromatic rings. The van der Waals surface area contributed by atoms with Crippen LogP contribution >= 0.6 is 0 Å². The van der Waals surface area contributed by atoms with Gasteiger partial charge in [-0.25, -0.2) is 0 Å². The van der Waals surface area contributed by atoms with Crippen LogP contribution in [0.2, 0.25) is 0 Å². The fourth-order valence-corrected chi connectivity index (χ4v) is 52.7. The summed E-state index contributed by atoms with van der Waals surface area (Å²) in [4.78, 5) is 0. The van der Waals surface area contributed by atoms with Crippen LogP contribution in [0.15, 0.2) is 0 Å². The predicted octanol–water partition coefficient (Wildman–Crippen LogP) is 36.3. The van der Waals surface area contributed by atoms with Gasteiger partial charge < -0.3 is 33.1 Å². The average Bonchev–Trinajstić information content (AvgIpc) is 1.73. The lowest BCUT2D eigenvalue weighted by molar-refractivity contribution is -0.129. The smallest absolute Gasteiger partial charge is 0.0696 e. The Hall–Kier alpha value is -0.240. The van der Waals surface area contributed by atoms with Crippen molar-refractivity contribution in [3.05, 3.63) is 0 Å². The van der Waals surface area contributed by atoms with E-state index in [1.165, 1.54) is 270 Å². The van der Waals surface area contributed by atoms with Crippen molar-refractivity contribution in [3.8, 4) is 0 Å². The molecule has 51 atom stereocenters. The first-order chi connectivity index (χ1) is 69.1. The van der Waals surface area contributed by atoms with E-state index in [1.807, 2.05) is 0 Å². The summed E-state index contributed by atoms with van der Waals surface area (Å²) in [7, 11) is 0. The second kappa shape index (κ2) is 41.5. The molecule has 0 saturated heterocycles. The van der Waals surface area contributed by atoms with Gasteiger partial charge in [0.1, 0.15) is 0 Å². The van der Waals surface area contributed by atoms with Crippen LogP contribution in [0, 0.1) is 259 Å². The Bertz CT molecular complexity index is 4200. The first-order valence-electron chi connectivity index (χ1n) is 67.5. The van der Waals surface area contributed by atoms with Gasteiger partial charge >= 0.3 is 0 Å². The molecule has 28 saturated carbocycles. The third-order valence-corrected chi connectivity index (χ3v) is 61.1. The molecule has 6 nitrogen and oxygen atoms in total. The molecule has 6 heteroatoms. The number of fused-ring (bicyclic) bond motifs is 35. The minimum absolute atomic E-state index is 0.0156. The minimum atomic E-state index is -0.262. The van der Waals surface area contributed by atoms with Gasteiger partial charge in [-0.1, -0.05) is 195 Å². The van der Waals surface area contributed by atoms with E-state index in [9.17, 15) is 10.2 Å². The highest BCUT2D eigenvalue weighted by atomic mass is 16.3. The van der Waals surface area contributed by atoms with Gasteiger partial charge in [-0.3, -0.25) is 0 Å². The standard InChI is InChI=1S/C22H38.C21H36.C20H34.2C19H33NO.2C19H33N/c1-4-6-16-10-14-22(3)17(15-16)8-9-18-19-7-5-12-21(19,2)13-11-20(18)22;1-4-15-9-13-21(3)16(14-15)7-8-17-18-6-5-11-20(18,2)12-10-19(17)21;1-14-8-12-20(3)15(13-14)6-7-16-17-5-4-10-19(17,2)11-9-18(16)20;1-18-8-3-4-14(18)13-6-5-12-10-17(21)16(20)11-19(12,2)15(13)7-9-18;1-18-8-3-4-14(18)13-6-5-12-10-16(20)17(21)11-19(12,2)15(13)7-9-18;1-18-10-3-5-14(18)13-7-8-16-17(20)6-4-11-19(16,2)15(13)9-12-18;1-18-10-3-4-16(18)15-8-6-13-5-7-14(20)12-19(13,2)17(15)9-11-18/h16-20H,4-15H2,1-3H3;15-19H,4-14H2,1-3H3;14-18H,4-13H2,1-3H3;2*12-17,21H,3-11,20H2,1-2H3;2*13-17H,3-12,20H2,1-2H3/t16-,17-,18-,19-,20-,21-,22-;15-,16-,17-,18-,19-,20-,21-;14-,15-,16-,17-,18-,19-,20-;2*12-,13-,14-,15-,16?,17?,18-,19-;13-,14-,15-,16-,17?,18-,19+;13-,14?,15+,16+,17+,18+,19+/m0000001/s1. The molecule has 0 aliphatic heterocycles. The lowest BCUT2D eigenvalue weighted by Gasteiger charge is -2.61. The van der Waals surface area contributed by atoms with Gasteiger partial charge in [-0.2, -0.15) is 0 Å². The number of hydrogen-bond acceptors (Lipinski definition) is 6. The summed E-state index contributed by atoms with van der Waals surface area (Å²) in [5.74, 6) is 31.3. The van der Waals surface area contributed by atoms with Crippen molar-refractivity contribution < 1.29 is 10.2 Å². The van der Waals surface area contributed by atoms with E-state index in [2.05, 4.69) is 118 Å². The fraction of sp³-hybridized carbons (Fsp3) is 1.00. The van der Waals surface area contributed by atoms with Crippen molar-refractivity contribution in [3.63, 3.8) is 0 Å². The monoisotopic (exact) mass is 2000 g/mol. The molecule has 28 aliphatic carbocycles. The topological polar surface area (TPSA) is 145 Å². The van der Waals surface area contributed by atoms with Gasteiger partial charge in [0.25, 0.3) is 0 Å². The van der Waals surface area contributed by atoms with E-state index in [1.54, 1.807) is 161 Å². The molecule has 0 spiro atoms. The molecule has 0 radical (unpaired) electrons. The molecule has 828 valence electrons. The number of nitrogens with two attached hydrogens (primary N) is 4. The Morgan fingerprint density at radius 2 is 0.503 bits per heavy atom. The van der Waals surface area contributed by atoms with E-state index in [4.69, 9.17) is 22.9 Å². The highest BCUT2D eigenvalue weighted by molar-refractivity contribution is 5.18. The maximum atomic E-state index is 10.4. The molecule has 0 heterocycles. The lowest BCUT2D eigenvalue weighted by Crippen LogP contribution is -2.57. The van der Waals surface area contributed by atoms with E-state index in [0.29, 0.717) is 55.4 Å². The molecular weight excluding hydrogens is 1760 g/mol. The van der Waals surface area contributed by atoms with Gasteiger partial charge in [0.2, 0.25) is 0 Å². The molecule has 28 rings (SSSR count). The molecule has 10 N–H and O–H groups in total. The van der Waals surface area contributed by atoms with Crippen molar-refractivity contribution in [1.29, 1.82) is 0 Å². The molecule has 0 aromatic carbocycles. The van der Waals surface area contributed by atoms with Crippen LogP contribution in [-0.2, 0) is 0 Å². The van der Waals surface area contributed by atoms with Gasteiger partial charge in [0.05, 0.1) is 12.2 Å². The van der Waals surface area contributed by atoms with Crippen LogP contribution in [0.4, 0.5) is 0 Å². The maximum Gasteiger partial charge on any atom is 0.0696 e. The van der Waals surface area contributed by atoms with Gasteiger partial charge in [0, 0.05) is 24.2 Å². The second-order valence-corrected chi connectivity index (χ2v) is 66.9. The van der Waals surface area contributed by atoms with Crippen molar-refractivity contribution in [2.75, 3.05) is 0 Å². The number of aliphatic hydroxyl groups excluding tert-OH is 2. The van der Waals surface area contributed by atoms with E-state index < -0.39 is 0 Å². The Labute approximate surface area is 896 Å². The largest absolute Gasteiger partial charge is 0.392 e. The fourth-order valence-electron chi connectivity index (χ4n) is 52.7. The molecule has 28 fully saturated rings. The maximum absolute atomic E-state index is 10.4. The summed E-state index contributed by atoms with van der Waals surface area (Å²) in [5.41, 5.74) is 34.4. The van der Waals surface area contributed by atoms with Crippen LogP contribution in [0.1, 0.15) is 574 Å². The van der Waals surface area contributed by atoms with Crippen molar-refractivity contribution in [2.45, 2.75) is 610 Å². The molecule has 145 heavy (non-hydrogen) atoms. The highest BCUT2D eigenvalue weighted by Gasteiger charge is 2.68. The van der Waals surface area contributed by atoms with Crippen LogP contribution in [0.25, 0.3) is 0 Å². The number of aliphatic hydroxyl groups is 2. The summed E-state index contributed by atoms with van der Waals surface area (Å²) < 4.78 is 0. The summed E-state index contributed by atoms with van der Waals surface area (Å²) in [6, 6.07) is 1.04. The number of hydrogen-bond donors (Lipinski definition) is 6. The molecule has 0 aromatic heterocycles. The molecular formula is C139H240N4O2. The zero-order chi connectivity index (χ0) is 102. The molecule has 0 amide bonds. The Morgan fingerprint density at radius 3 is 0.883 bits per heavy atom. The Morgan fingerprint density at radius 1 is 0.207 bits per heavy atom. The highest BCUT2D eigenvalue weighted by Crippen LogP contribution is 2.76. The summed E-state index contributed by atoms with van der Waals surface area (Å²) in [6.07, 6.45) is 104.